The standard InChI is InChI=1S/C14H18N2O3/c1-4-15-7-9-5-6-10-8(2)12(17)13(19-3)11(14(15)18)16(9)10/h9H,4-7H2,1-3H3. The fraction of sp³-hybridized carbons (Fsp3) is 0.571. The van der Waals surface area contributed by atoms with Crippen molar-refractivity contribution in [2.24, 2.45) is 0 Å². The number of nitrogens with zero attached hydrogens (tertiary/aromatic N) is 2. The number of rotatable bonds is 2. The molecule has 1 amide bonds. The number of pyridine rings is 1. The number of methoxy groups -OCH3 is 1. The molecule has 0 spiro atoms. The molecule has 1 aromatic heterocycles. The van der Waals surface area contributed by atoms with Crippen molar-refractivity contribution in [3.05, 3.63) is 27.2 Å². The molecule has 2 aliphatic rings. The Labute approximate surface area is 111 Å². The number of carbonyl (C=O) groups is 1. The van der Waals surface area contributed by atoms with Crippen LogP contribution in [0.15, 0.2) is 4.79 Å². The molecule has 3 rings (SSSR count). The van der Waals surface area contributed by atoms with E-state index in [-0.39, 0.29) is 23.1 Å². The van der Waals surface area contributed by atoms with Crippen LogP contribution in [0.3, 0.4) is 0 Å². The van der Waals surface area contributed by atoms with Crippen LogP contribution in [0.1, 0.15) is 41.1 Å². The second kappa shape index (κ2) is 4.11. The highest BCUT2D eigenvalue weighted by Crippen LogP contribution is 2.36. The molecule has 0 aliphatic carbocycles. The molecule has 0 bridgehead atoms. The van der Waals surface area contributed by atoms with Crippen molar-refractivity contribution in [2.45, 2.75) is 32.7 Å². The van der Waals surface area contributed by atoms with Crippen LogP contribution in [0.4, 0.5) is 0 Å². The van der Waals surface area contributed by atoms with Gasteiger partial charge in [0.25, 0.3) is 5.91 Å². The molecule has 2 aliphatic heterocycles. The summed E-state index contributed by atoms with van der Waals surface area (Å²) in [7, 11) is 1.46. The van der Waals surface area contributed by atoms with Gasteiger partial charge in [-0.15, -0.1) is 0 Å². The van der Waals surface area contributed by atoms with Gasteiger partial charge in [0.05, 0.1) is 13.2 Å². The summed E-state index contributed by atoms with van der Waals surface area (Å²) < 4.78 is 7.28. The average molecular weight is 262 g/mol. The molecule has 3 heterocycles. The molecule has 1 unspecified atom stereocenters. The van der Waals surface area contributed by atoms with E-state index < -0.39 is 0 Å². The third-order valence-electron chi connectivity index (χ3n) is 4.31. The van der Waals surface area contributed by atoms with E-state index in [1.165, 1.54) is 7.11 Å². The number of hydrogen-bond acceptors (Lipinski definition) is 3. The highest BCUT2D eigenvalue weighted by Gasteiger charge is 2.39. The topological polar surface area (TPSA) is 51.5 Å². The van der Waals surface area contributed by atoms with Gasteiger partial charge in [0.15, 0.2) is 11.4 Å². The van der Waals surface area contributed by atoms with Gasteiger partial charge in [-0.2, -0.15) is 0 Å². The first-order valence-electron chi connectivity index (χ1n) is 6.71. The van der Waals surface area contributed by atoms with Crippen LogP contribution in [0.25, 0.3) is 0 Å². The fourth-order valence-electron chi connectivity index (χ4n) is 3.30. The number of hydrogen-bond donors (Lipinski definition) is 0. The summed E-state index contributed by atoms with van der Waals surface area (Å²) in [5, 5.41) is 0. The van der Waals surface area contributed by atoms with Crippen molar-refractivity contribution in [3.8, 4) is 5.75 Å². The van der Waals surface area contributed by atoms with Crippen LogP contribution in [0.5, 0.6) is 5.75 Å². The molecule has 102 valence electrons. The Morgan fingerprint density at radius 3 is 2.74 bits per heavy atom. The summed E-state index contributed by atoms with van der Waals surface area (Å²) in [5.41, 5.74) is 2.04. The molecule has 5 heteroatoms. The molecule has 0 fully saturated rings. The highest BCUT2D eigenvalue weighted by atomic mass is 16.5. The van der Waals surface area contributed by atoms with E-state index in [0.717, 1.165) is 30.6 Å². The number of likely N-dealkylation sites (N-methyl/N-ethyl adjacent to an activating group) is 1. The molecular formula is C14H18N2O3. The smallest absolute Gasteiger partial charge is 0.274 e. The maximum Gasteiger partial charge on any atom is 0.274 e. The average Bonchev–Trinajstić information content (AvgIpc) is 2.83. The molecule has 0 N–H and O–H groups in total. The zero-order chi connectivity index (χ0) is 13.7. The van der Waals surface area contributed by atoms with Gasteiger partial charge in [0, 0.05) is 24.3 Å². The van der Waals surface area contributed by atoms with Crippen molar-refractivity contribution in [1.82, 2.24) is 9.47 Å². The molecular weight excluding hydrogens is 244 g/mol. The molecule has 0 saturated carbocycles. The Kier molecular flexibility index (Phi) is 2.66. The van der Waals surface area contributed by atoms with Crippen LogP contribution < -0.4 is 10.2 Å². The lowest BCUT2D eigenvalue weighted by atomic mass is 10.1. The van der Waals surface area contributed by atoms with Gasteiger partial charge in [0.2, 0.25) is 5.43 Å². The lowest BCUT2D eigenvalue weighted by Gasteiger charge is -2.34. The van der Waals surface area contributed by atoms with Crippen LogP contribution in [-0.4, -0.2) is 35.6 Å². The molecule has 5 nitrogen and oxygen atoms in total. The molecule has 1 aromatic rings. The Morgan fingerprint density at radius 1 is 1.37 bits per heavy atom. The van der Waals surface area contributed by atoms with Gasteiger partial charge < -0.3 is 14.2 Å². The van der Waals surface area contributed by atoms with Gasteiger partial charge in [-0.3, -0.25) is 9.59 Å². The maximum absolute atomic E-state index is 12.5. The summed E-state index contributed by atoms with van der Waals surface area (Å²) in [6.07, 6.45) is 1.86. The quantitative estimate of drug-likeness (QED) is 0.802. The number of amides is 1. The zero-order valence-corrected chi connectivity index (χ0v) is 11.5. The Morgan fingerprint density at radius 2 is 2.11 bits per heavy atom. The van der Waals surface area contributed by atoms with Crippen LogP contribution in [0, 0.1) is 6.92 Å². The summed E-state index contributed by atoms with van der Waals surface area (Å²) in [6.45, 7) is 5.19. The summed E-state index contributed by atoms with van der Waals surface area (Å²) in [4.78, 5) is 26.6. The summed E-state index contributed by atoms with van der Waals surface area (Å²) in [6, 6.07) is 0.288. The predicted molar refractivity (Wildman–Crippen MR) is 70.9 cm³/mol. The van der Waals surface area contributed by atoms with Crippen LogP contribution in [-0.2, 0) is 6.42 Å². The molecule has 0 aromatic carbocycles. The SMILES string of the molecule is CCN1CC2CCc3c(C)c(=O)c(OC)c(n32)C1=O. The third kappa shape index (κ3) is 1.47. The first-order valence-corrected chi connectivity index (χ1v) is 6.71. The molecule has 19 heavy (non-hydrogen) atoms. The summed E-state index contributed by atoms with van der Waals surface area (Å²) >= 11 is 0. The minimum absolute atomic E-state index is 0.0872. The number of carbonyl (C=O) groups excluding carboxylic acids is 1. The minimum Gasteiger partial charge on any atom is -0.491 e. The normalized spacial score (nSPS) is 20.7. The van der Waals surface area contributed by atoms with E-state index in [1.807, 2.05) is 18.4 Å². The van der Waals surface area contributed by atoms with E-state index in [9.17, 15) is 9.59 Å². The van der Waals surface area contributed by atoms with Gasteiger partial charge in [-0.1, -0.05) is 0 Å². The predicted octanol–water partition coefficient (Wildman–Crippen LogP) is 1.13. The van der Waals surface area contributed by atoms with Gasteiger partial charge in [0.1, 0.15) is 0 Å². The van der Waals surface area contributed by atoms with Crippen molar-refractivity contribution >= 4 is 5.91 Å². The largest absolute Gasteiger partial charge is 0.491 e. The zero-order valence-electron chi connectivity index (χ0n) is 11.5. The minimum atomic E-state index is -0.143. The van der Waals surface area contributed by atoms with Crippen LogP contribution >= 0.6 is 0 Å². The lowest BCUT2D eigenvalue weighted by Crippen LogP contribution is -2.43. The van der Waals surface area contributed by atoms with Crippen molar-refractivity contribution in [2.75, 3.05) is 20.2 Å². The monoisotopic (exact) mass is 262 g/mol. The second-order valence-corrected chi connectivity index (χ2v) is 5.19. The molecule has 1 atom stereocenters. The Bertz CT molecular complexity index is 618. The highest BCUT2D eigenvalue weighted by molar-refractivity contribution is 5.96. The molecule has 0 radical (unpaired) electrons. The first kappa shape index (κ1) is 12.3. The van der Waals surface area contributed by atoms with Crippen molar-refractivity contribution in [1.29, 1.82) is 0 Å². The van der Waals surface area contributed by atoms with E-state index in [1.54, 1.807) is 4.90 Å². The van der Waals surface area contributed by atoms with E-state index in [0.29, 0.717) is 12.2 Å². The fourth-order valence-corrected chi connectivity index (χ4v) is 3.30. The van der Waals surface area contributed by atoms with Crippen molar-refractivity contribution in [3.63, 3.8) is 0 Å². The number of aromatic nitrogens is 1. The van der Waals surface area contributed by atoms with E-state index >= 15 is 0 Å². The van der Waals surface area contributed by atoms with Gasteiger partial charge in [-0.05, 0) is 26.7 Å². The van der Waals surface area contributed by atoms with Crippen LogP contribution in [0.2, 0.25) is 0 Å². The Hall–Kier alpha value is -1.78. The van der Waals surface area contributed by atoms with Gasteiger partial charge in [-0.25, -0.2) is 0 Å². The van der Waals surface area contributed by atoms with Crippen molar-refractivity contribution < 1.29 is 9.53 Å². The van der Waals surface area contributed by atoms with E-state index in [2.05, 4.69) is 0 Å². The summed E-state index contributed by atoms with van der Waals surface area (Å²) in [5.74, 6) is 0.118. The van der Waals surface area contributed by atoms with Gasteiger partial charge >= 0.3 is 0 Å². The maximum atomic E-state index is 12.5. The first-order chi connectivity index (χ1) is 9.10. The molecule has 0 saturated heterocycles. The van der Waals surface area contributed by atoms with E-state index in [4.69, 9.17) is 4.74 Å². The number of ether oxygens (including phenoxy) is 1. The Balaban J connectivity index is 2.35. The lowest BCUT2D eigenvalue weighted by molar-refractivity contribution is 0.0677. The third-order valence-corrected chi connectivity index (χ3v) is 4.31. The second-order valence-electron chi connectivity index (χ2n) is 5.19.